The molecule has 1 aliphatic heterocycles. The maximum atomic E-state index is 11.5. The second kappa shape index (κ2) is 5.83. The molecule has 1 aliphatic rings. The van der Waals surface area contributed by atoms with Crippen LogP contribution < -0.4 is 10.6 Å². The maximum absolute atomic E-state index is 11.5. The van der Waals surface area contributed by atoms with Gasteiger partial charge in [-0.2, -0.15) is 0 Å². The Kier molecular flexibility index (Phi) is 4.71. The highest BCUT2D eigenvalue weighted by molar-refractivity contribution is 5.83. The summed E-state index contributed by atoms with van der Waals surface area (Å²) in [6, 6.07) is -2.05. The molecule has 1 heterocycles. The fourth-order valence-corrected chi connectivity index (χ4v) is 1.66. The van der Waals surface area contributed by atoms with Crippen LogP contribution in [-0.4, -0.2) is 53.1 Å². The minimum Gasteiger partial charge on any atom is -0.480 e. The Bertz CT molecular complexity index is 294. The van der Waals surface area contributed by atoms with Gasteiger partial charge in [0.1, 0.15) is 0 Å². The normalized spacial score (nSPS) is 27.2. The monoisotopic (exact) mass is 246 g/mol. The number of aliphatic hydroxyl groups excluding tert-OH is 1. The molecule has 1 saturated heterocycles. The topological polar surface area (TPSA) is 108 Å². The maximum Gasteiger partial charge on any atom is 0.328 e. The molecule has 1 rings (SSSR count). The number of aliphatic carboxylic acids is 1. The van der Waals surface area contributed by atoms with Crippen LogP contribution in [0.4, 0.5) is 4.79 Å². The molecule has 1 fully saturated rings. The summed E-state index contributed by atoms with van der Waals surface area (Å²) in [7, 11) is 0. The second-order valence-electron chi connectivity index (χ2n) is 4.15. The van der Waals surface area contributed by atoms with E-state index in [2.05, 4.69) is 10.6 Å². The average Bonchev–Trinajstić information content (AvgIpc) is 2.60. The summed E-state index contributed by atoms with van der Waals surface area (Å²) < 4.78 is 5.26. The fourth-order valence-electron chi connectivity index (χ4n) is 1.66. The lowest BCUT2D eigenvalue weighted by Crippen LogP contribution is -2.53. The van der Waals surface area contributed by atoms with E-state index in [9.17, 15) is 14.7 Å². The molecule has 4 N–H and O–H groups in total. The lowest BCUT2D eigenvalue weighted by atomic mass is 10.1. The van der Waals surface area contributed by atoms with Gasteiger partial charge in [-0.05, 0) is 20.3 Å². The van der Waals surface area contributed by atoms with Crippen LogP contribution in [0.3, 0.4) is 0 Å². The molecule has 17 heavy (non-hydrogen) atoms. The first kappa shape index (κ1) is 13.7. The molecule has 2 amide bonds. The van der Waals surface area contributed by atoms with Gasteiger partial charge < -0.3 is 25.6 Å². The SMILES string of the molecule is CC(O)C(NC(=O)NC1CCOC1C)C(=O)O. The van der Waals surface area contributed by atoms with Crippen molar-refractivity contribution in [3.8, 4) is 0 Å². The van der Waals surface area contributed by atoms with Crippen molar-refractivity contribution < 1.29 is 24.5 Å². The Morgan fingerprint density at radius 3 is 2.53 bits per heavy atom. The number of amides is 2. The summed E-state index contributed by atoms with van der Waals surface area (Å²) >= 11 is 0. The van der Waals surface area contributed by atoms with Gasteiger partial charge in [-0.1, -0.05) is 0 Å². The number of ether oxygens (including phenoxy) is 1. The number of urea groups is 1. The largest absolute Gasteiger partial charge is 0.480 e. The number of nitrogens with one attached hydrogen (secondary N) is 2. The van der Waals surface area contributed by atoms with E-state index >= 15 is 0 Å². The van der Waals surface area contributed by atoms with Gasteiger partial charge >= 0.3 is 12.0 Å². The Hall–Kier alpha value is -1.34. The predicted octanol–water partition coefficient (Wildman–Crippen LogP) is -0.703. The van der Waals surface area contributed by atoms with Gasteiger partial charge in [0.15, 0.2) is 6.04 Å². The van der Waals surface area contributed by atoms with E-state index in [1.807, 2.05) is 6.92 Å². The first-order valence-corrected chi connectivity index (χ1v) is 5.51. The zero-order chi connectivity index (χ0) is 13.0. The standard InChI is InChI=1S/C10H18N2O5/c1-5(13)8(9(14)15)12-10(16)11-7-3-4-17-6(7)2/h5-8,13H,3-4H2,1-2H3,(H,14,15)(H2,11,12,16). The van der Waals surface area contributed by atoms with Crippen molar-refractivity contribution in [2.24, 2.45) is 0 Å². The molecular formula is C10H18N2O5. The van der Waals surface area contributed by atoms with E-state index in [0.29, 0.717) is 13.0 Å². The number of hydrogen-bond acceptors (Lipinski definition) is 4. The second-order valence-corrected chi connectivity index (χ2v) is 4.15. The number of carbonyl (C=O) groups is 2. The molecule has 0 saturated carbocycles. The van der Waals surface area contributed by atoms with E-state index in [0.717, 1.165) is 0 Å². The van der Waals surface area contributed by atoms with Crippen LogP contribution in [0.15, 0.2) is 0 Å². The van der Waals surface area contributed by atoms with Crippen molar-refractivity contribution in [1.29, 1.82) is 0 Å². The Morgan fingerprint density at radius 2 is 2.12 bits per heavy atom. The molecule has 0 aromatic carbocycles. The van der Waals surface area contributed by atoms with Crippen LogP contribution in [0.1, 0.15) is 20.3 Å². The molecular weight excluding hydrogens is 228 g/mol. The van der Waals surface area contributed by atoms with Crippen LogP contribution in [0.25, 0.3) is 0 Å². The van der Waals surface area contributed by atoms with Crippen molar-refractivity contribution in [3.05, 3.63) is 0 Å². The van der Waals surface area contributed by atoms with E-state index in [1.54, 1.807) is 0 Å². The number of aliphatic hydroxyl groups is 1. The molecule has 0 aliphatic carbocycles. The minimum absolute atomic E-state index is 0.0874. The zero-order valence-corrected chi connectivity index (χ0v) is 9.84. The predicted molar refractivity (Wildman–Crippen MR) is 58.6 cm³/mol. The van der Waals surface area contributed by atoms with Crippen molar-refractivity contribution in [2.45, 2.75) is 44.6 Å². The van der Waals surface area contributed by atoms with E-state index in [-0.39, 0.29) is 12.1 Å². The lowest BCUT2D eigenvalue weighted by molar-refractivity contribution is -0.141. The van der Waals surface area contributed by atoms with Gasteiger partial charge in [-0.25, -0.2) is 9.59 Å². The third kappa shape index (κ3) is 3.86. The van der Waals surface area contributed by atoms with E-state index in [1.165, 1.54) is 6.92 Å². The van der Waals surface area contributed by atoms with Crippen LogP contribution >= 0.6 is 0 Å². The third-order valence-corrected chi connectivity index (χ3v) is 2.73. The molecule has 98 valence electrons. The van der Waals surface area contributed by atoms with Crippen molar-refractivity contribution in [1.82, 2.24) is 10.6 Å². The fraction of sp³-hybridized carbons (Fsp3) is 0.800. The van der Waals surface area contributed by atoms with Gasteiger partial charge in [-0.15, -0.1) is 0 Å². The van der Waals surface area contributed by atoms with E-state index < -0.39 is 24.1 Å². The molecule has 0 aromatic rings. The molecule has 4 atom stereocenters. The molecule has 7 heteroatoms. The highest BCUT2D eigenvalue weighted by Crippen LogP contribution is 2.12. The quantitative estimate of drug-likeness (QED) is 0.524. The average molecular weight is 246 g/mol. The first-order valence-electron chi connectivity index (χ1n) is 5.51. The number of carbonyl (C=O) groups excluding carboxylic acids is 1. The summed E-state index contributed by atoms with van der Waals surface area (Å²) in [5, 5.41) is 22.8. The van der Waals surface area contributed by atoms with Crippen LogP contribution in [0.2, 0.25) is 0 Å². The third-order valence-electron chi connectivity index (χ3n) is 2.73. The molecule has 4 unspecified atom stereocenters. The summed E-state index contributed by atoms with van der Waals surface area (Å²) in [4.78, 5) is 22.3. The highest BCUT2D eigenvalue weighted by atomic mass is 16.5. The van der Waals surface area contributed by atoms with Gasteiger partial charge in [0.2, 0.25) is 0 Å². The van der Waals surface area contributed by atoms with Crippen molar-refractivity contribution >= 4 is 12.0 Å². The van der Waals surface area contributed by atoms with Crippen LogP contribution in [0.5, 0.6) is 0 Å². The summed E-state index contributed by atoms with van der Waals surface area (Å²) in [6.45, 7) is 3.71. The summed E-state index contributed by atoms with van der Waals surface area (Å²) in [5.41, 5.74) is 0. The molecule has 0 bridgehead atoms. The molecule has 0 radical (unpaired) electrons. The smallest absolute Gasteiger partial charge is 0.328 e. The minimum atomic E-state index is -1.31. The molecule has 0 spiro atoms. The zero-order valence-electron chi connectivity index (χ0n) is 9.84. The van der Waals surface area contributed by atoms with Gasteiger partial charge in [0, 0.05) is 6.61 Å². The lowest BCUT2D eigenvalue weighted by Gasteiger charge is -2.20. The number of rotatable bonds is 4. The van der Waals surface area contributed by atoms with Crippen molar-refractivity contribution in [2.75, 3.05) is 6.61 Å². The first-order chi connectivity index (χ1) is 7.91. The highest BCUT2D eigenvalue weighted by Gasteiger charge is 2.29. The number of hydrogen-bond donors (Lipinski definition) is 4. The number of carboxylic acid groups (broad SMARTS) is 1. The molecule has 7 nitrogen and oxygen atoms in total. The van der Waals surface area contributed by atoms with Crippen molar-refractivity contribution in [3.63, 3.8) is 0 Å². The summed E-state index contributed by atoms with van der Waals surface area (Å²) in [5.74, 6) is -1.27. The summed E-state index contributed by atoms with van der Waals surface area (Å²) in [6.07, 6.45) is -0.549. The Morgan fingerprint density at radius 1 is 1.47 bits per heavy atom. The number of carboxylic acids is 1. The molecule has 0 aromatic heterocycles. The Labute approximate surface area is 99.1 Å². The van der Waals surface area contributed by atoms with Gasteiger partial charge in [-0.3, -0.25) is 0 Å². The van der Waals surface area contributed by atoms with Gasteiger partial charge in [0.25, 0.3) is 0 Å². The van der Waals surface area contributed by atoms with Crippen LogP contribution in [-0.2, 0) is 9.53 Å². The van der Waals surface area contributed by atoms with Gasteiger partial charge in [0.05, 0.1) is 18.2 Å². The van der Waals surface area contributed by atoms with E-state index in [4.69, 9.17) is 9.84 Å². The Balaban J connectivity index is 2.45. The van der Waals surface area contributed by atoms with Crippen LogP contribution in [0, 0.1) is 0 Å².